The standard InChI is InChI=1S/C3H3N4O2/c8-3(9)1-2-4-6-7-5-2/h1H2,(H,8,9). The van der Waals surface area contributed by atoms with Crippen molar-refractivity contribution in [1.82, 2.24) is 5.43 Å². The molecule has 6 nitrogen and oxygen atoms in total. The van der Waals surface area contributed by atoms with Gasteiger partial charge in [0, 0.05) is 0 Å². The second kappa shape index (κ2) is 2.21. The maximum atomic E-state index is 9.93. The summed E-state index contributed by atoms with van der Waals surface area (Å²) in [6, 6.07) is 0. The van der Waals surface area contributed by atoms with Crippen molar-refractivity contribution in [3.63, 3.8) is 0 Å². The topological polar surface area (TPSA) is 88.5 Å². The van der Waals surface area contributed by atoms with E-state index in [4.69, 9.17) is 5.11 Å². The summed E-state index contributed by atoms with van der Waals surface area (Å²) in [5.41, 5.74) is 3.30. The van der Waals surface area contributed by atoms with Crippen LogP contribution < -0.4 is 5.43 Å². The summed E-state index contributed by atoms with van der Waals surface area (Å²) >= 11 is 0. The van der Waals surface area contributed by atoms with Crippen LogP contribution in [0.3, 0.4) is 0 Å². The molecule has 0 saturated heterocycles. The molecule has 1 heterocycles. The van der Waals surface area contributed by atoms with Crippen LogP contribution in [0.4, 0.5) is 0 Å². The molecule has 47 valence electrons. The van der Waals surface area contributed by atoms with E-state index in [0.717, 1.165) is 0 Å². The first-order chi connectivity index (χ1) is 4.29. The highest BCUT2D eigenvalue weighted by Crippen LogP contribution is 1.93. The first-order valence-corrected chi connectivity index (χ1v) is 2.18. The van der Waals surface area contributed by atoms with E-state index < -0.39 is 5.97 Å². The molecule has 6 heteroatoms. The van der Waals surface area contributed by atoms with E-state index in [1.807, 2.05) is 0 Å². The number of carboxylic acid groups (broad SMARTS) is 1. The first-order valence-electron chi connectivity index (χ1n) is 2.18. The number of carboxylic acids is 1. The molecule has 1 N–H and O–H groups in total. The summed E-state index contributed by atoms with van der Waals surface area (Å²) in [6.45, 7) is 0. The van der Waals surface area contributed by atoms with Crippen molar-refractivity contribution in [3.8, 4) is 0 Å². The van der Waals surface area contributed by atoms with Crippen LogP contribution in [0.25, 0.3) is 0 Å². The monoisotopic (exact) mass is 127 g/mol. The molecule has 0 bridgehead atoms. The zero-order valence-electron chi connectivity index (χ0n) is 4.35. The number of hydrogen-bond donors (Lipinski definition) is 1. The number of carbonyl (C=O) groups is 1. The van der Waals surface area contributed by atoms with Crippen molar-refractivity contribution in [2.75, 3.05) is 0 Å². The quantitative estimate of drug-likeness (QED) is 0.554. The summed E-state index contributed by atoms with van der Waals surface area (Å²) in [4.78, 5) is 9.93. The number of nitrogens with zero attached hydrogens (tertiary/aromatic N) is 4. The number of aliphatic carboxylic acids is 1. The van der Waals surface area contributed by atoms with Crippen LogP contribution in [0, 0.1) is 0 Å². The normalized spacial score (nSPS) is 14.9. The van der Waals surface area contributed by atoms with Crippen LogP contribution in [0.1, 0.15) is 6.42 Å². The average Bonchev–Trinajstić information content (AvgIpc) is 2.15. The second-order valence-electron chi connectivity index (χ2n) is 1.37. The molecule has 0 aromatic rings. The summed E-state index contributed by atoms with van der Waals surface area (Å²) < 4.78 is 0. The predicted molar refractivity (Wildman–Crippen MR) is 26.7 cm³/mol. The zero-order chi connectivity index (χ0) is 6.69. The third kappa shape index (κ3) is 1.48. The van der Waals surface area contributed by atoms with Crippen LogP contribution in [-0.2, 0) is 4.79 Å². The van der Waals surface area contributed by atoms with Gasteiger partial charge >= 0.3 is 5.97 Å². The van der Waals surface area contributed by atoms with E-state index in [1.165, 1.54) is 0 Å². The Morgan fingerprint density at radius 1 is 1.56 bits per heavy atom. The molecule has 1 aliphatic rings. The largest absolute Gasteiger partial charge is 0.481 e. The molecule has 9 heavy (non-hydrogen) atoms. The molecule has 0 spiro atoms. The molecular formula is C3H3N4O2. The Balaban J connectivity index is 2.39. The summed E-state index contributed by atoms with van der Waals surface area (Å²) in [5.74, 6) is -0.840. The van der Waals surface area contributed by atoms with Gasteiger partial charge in [0.15, 0.2) is 5.84 Å². The Labute approximate surface area is 50.3 Å². The highest BCUT2D eigenvalue weighted by atomic mass is 16.4. The fourth-order valence-corrected chi connectivity index (χ4v) is 0.369. The predicted octanol–water partition coefficient (Wildman–Crippen LogP) is -0.240. The summed E-state index contributed by atoms with van der Waals surface area (Å²) in [6.07, 6.45) is -0.215. The lowest BCUT2D eigenvalue weighted by molar-refractivity contribution is -0.135. The van der Waals surface area contributed by atoms with E-state index >= 15 is 0 Å². The van der Waals surface area contributed by atoms with Crippen molar-refractivity contribution < 1.29 is 9.90 Å². The van der Waals surface area contributed by atoms with Crippen molar-refractivity contribution in [2.24, 2.45) is 15.5 Å². The van der Waals surface area contributed by atoms with Crippen molar-refractivity contribution in [1.29, 1.82) is 0 Å². The maximum absolute atomic E-state index is 9.93. The molecule has 0 aromatic heterocycles. The van der Waals surface area contributed by atoms with Crippen molar-refractivity contribution >= 4 is 11.8 Å². The first kappa shape index (κ1) is 5.67. The van der Waals surface area contributed by atoms with Gasteiger partial charge in [0.25, 0.3) is 0 Å². The van der Waals surface area contributed by atoms with Gasteiger partial charge in [-0.15, -0.1) is 10.5 Å². The Morgan fingerprint density at radius 2 is 2.33 bits per heavy atom. The molecule has 1 radical (unpaired) electrons. The molecule has 1 aliphatic heterocycles. The van der Waals surface area contributed by atoms with E-state index in [-0.39, 0.29) is 12.3 Å². The van der Waals surface area contributed by atoms with Gasteiger partial charge in [-0.05, 0) is 10.4 Å². The minimum atomic E-state index is -0.982. The molecule has 0 unspecified atom stereocenters. The Hall–Kier alpha value is -1.46. The Bertz CT molecular complexity index is 184. The lowest BCUT2D eigenvalue weighted by Gasteiger charge is -1.86. The van der Waals surface area contributed by atoms with Crippen molar-refractivity contribution in [3.05, 3.63) is 0 Å². The van der Waals surface area contributed by atoms with Gasteiger partial charge in [-0.2, -0.15) is 0 Å². The lowest BCUT2D eigenvalue weighted by Crippen LogP contribution is -2.11. The van der Waals surface area contributed by atoms with Crippen LogP contribution in [-0.4, -0.2) is 16.9 Å². The van der Waals surface area contributed by atoms with Gasteiger partial charge in [0.05, 0.1) is 0 Å². The van der Waals surface area contributed by atoms with E-state index in [2.05, 4.69) is 21.0 Å². The lowest BCUT2D eigenvalue weighted by atomic mass is 10.4. The van der Waals surface area contributed by atoms with E-state index in [0.29, 0.717) is 0 Å². The third-order valence-electron chi connectivity index (χ3n) is 0.670. The van der Waals surface area contributed by atoms with Gasteiger partial charge in [-0.1, -0.05) is 0 Å². The number of hydrogen-bond acceptors (Lipinski definition) is 4. The van der Waals surface area contributed by atoms with Crippen molar-refractivity contribution in [2.45, 2.75) is 6.42 Å². The molecule has 0 amide bonds. The molecule has 0 aliphatic carbocycles. The number of amidine groups is 1. The fraction of sp³-hybridized carbons (Fsp3) is 0.333. The third-order valence-corrected chi connectivity index (χ3v) is 0.670. The van der Waals surface area contributed by atoms with Gasteiger partial charge in [-0.3, -0.25) is 4.79 Å². The van der Waals surface area contributed by atoms with E-state index in [9.17, 15) is 4.79 Å². The fourth-order valence-electron chi connectivity index (χ4n) is 0.369. The highest BCUT2D eigenvalue weighted by molar-refractivity contribution is 5.96. The minimum Gasteiger partial charge on any atom is -0.481 e. The highest BCUT2D eigenvalue weighted by Gasteiger charge is 2.09. The molecule has 0 fully saturated rings. The Morgan fingerprint density at radius 3 is 2.78 bits per heavy atom. The van der Waals surface area contributed by atoms with Gasteiger partial charge in [0.2, 0.25) is 0 Å². The Kier molecular flexibility index (Phi) is 1.39. The van der Waals surface area contributed by atoms with E-state index in [1.54, 1.807) is 0 Å². The number of rotatable bonds is 2. The molecular weight excluding hydrogens is 124 g/mol. The molecule has 1 rings (SSSR count). The molecule has 0 saturated carbocycles. The molecule has 0 aromatic carbocycles. The minimum absolute atomic E-state index is 0.141. The average molecular weight is 127 g/mol. The van der Waals surface area contributed by atoms with Crippen LogP contribution in [0.2, 0.25) is 0 Å². The van der Waals surface area contributed by atoms with Crippen LogP contribution >= 0.6 is 0 Å². The smallest absolute Gasteiger partial charge is 0.311 e. The van der Waals surface area contributed by atoms with Gasteiger partial charge < -0.3 is 5.11 Å². The van der Waals surface area contributed by atoms with Crippen LogP contribution in [0.15, 0.2) is 15.5 Å². The zero-order valence-corrected chi connectivity index (χ0v) is 4.35. The van der Waals surface area contributed by atoms with Crippen LogP contribution in [0.5, 0.6) is 0 Å². The van der Waals surface area contributed by atoms with Gasteiger partial charge in [0.1, 0.15) is 6.42 Å². The molecule has 0 atom stereocenters. The summed E-state index contributed by atoms with van der Waals surface area (Å²) in [5, 5.41) is 17.7. The second-order valence-corrected chi connectivity index (χ2v) is 1.37. The van der Waals surface area contributed by atoms with Gasteiger partial charge in [-0.25, -0.2) is 0 Å². The SMILES string of the molecule is O=C(O)CC1=NN=N[N]1. The maximum Gasteiger partial charge on any atom is 0.311 e. The summed E-state index contributed by atoms with van der Waals surface area (Å²) in [7, 11) is 0.